The van der Waals surface area contributed by atoms with Gasteiger partial charge in [0.05, 0.1) is 5.60 Å². The summed E-state index contributed by atoms with van der Waals surface area (Å²) in [5.41, 5.74) is 0.599. The Bertz CT molecular complexity index is 251. The number of rotatable bonds is 5. The van der Waals surface area contributed by atoms with E-state index in [1.165, 1.54) is 0 Å². The van der Waals surface area contributed by atoms with Gasteiger partial charge in [0.15, 0.2) is 0 Å². The molecule has 0 bridgehead atoms. The van der Waals surface area contributed by atoms with Crippen LogP contribution in [0.3, 0.4) is 0 Å². The van der Waals surface area contributed by atoms with Gasteiger partial charge in [-0.2, -0.15) is 0 Å². The molecule has 0 amide bonds. The van der Waals surface area contributed by atoms with Crippen molar-refractivity contribution in [2.24, 2.45) is 0 Å². The smallest absolute Gasteiger partial charge is 0.0592 e. The summed E-state index contributed by atoms with van der Waals surface area (Å²) < 4.78 is 0. The van der Waals surface area contributed by atoms with Gasteiger partial charge in [0.1, 0.15) is 0 Å². The molecule has 1 aromatic carbocycles. The quantitative estimate of drug-likeness (QED) is 0.705. The molecule has 78 valence electrons. The highest BCUT2D eigenvalue weighted by Gasteiger charge is 2.10. The molecule has 0 unspecified atom stereocenters. The van der Waals surface area contributed by atoms with Gasteiger partial charge in [0.25, 0.3) is 0 Å². The maximum Gasteiger partial charge on any atom is 0.0592 e. The molecular weight excluding hydrogens is 174 g/mol. The van der Waals surface area contributed by atoms with E-state index >= 15 is 0 Å². The van der Waals surface area contributed by atoms with Gasteiger partial charge >= 0.3 is 0 Å². The monoisotopic (exact) mass is 193 g/mol. The summed E-state index contributed by atoms with van der Waals surface area (Å²) in [5.74, 6) is 0. The molecule has 0 fully saturated rings. The van der Waals surface area contributed by atoms with Gasteiger partial charge in [-0.15, -0.1) is 0 Å². The first-order valence-electron chi connectivity index (χ1n) is 5.09. The molecule has 0 spiro atoms. The predicted octanol–water partition coefficient (Wildman–Crippen LogP) is 2.65. The Balaban J connectivity index is 2.17. The SMILES string of the molecule is CC(C)(O)CCCNc1ccccc1. The molecule has 0 aliphatic heterocycles. The van der Waals surface area contributed by atoms with E-state index in [1.807, 2.05) is 44.2 Å². The summed E-state index contributed by atoms with van der Waals surface area (Å²) in [7, 11) is 0. The van der Waals surface area contributed by atoms with Gasteiger partial charge in [-0.1, -0.05) is 18.2 Å². The Kier molecular flexibility index (Phi) is 3.96. The fraction of sp³-hybridized carbons (Fsp3) is 0.500. The Labute approximate surface area is 86.0 Å². The summed E-state index contributed by atoms with van der Waals surface area (Å²) in [6, 6.07) is 10.1. The van der Waals surface area contributed by atoms with Crippen molar-refractivity contribution in [1.29, 1.82) is 0 Å². The molecule has 0 aromatic heterocycles. The first-order valence-corrected chi connectivity index (χ1v) is 5.09. The number of benzene rings is 1. The summed E-state index contributed by atoms with van der Waals surface area (Å²) >= 11 is 0. The van der Waals surface area contributed by atoms with E-state index < -0.39 is 5.60 Å². The zero-order chi connectivity index (χ0) is 10.4. The number of para-hydroxylation sites is 1. The van der Waals surface area contributed by atoms with Crippen LogP contribution in [0.5, 0.6) is 0 Å². The van der Waals surface area contributed by atoms with Crippen molar-refractivity contribution in [3.8, 4) is 0 Å². The third-order valence-electron chi connectivity index (χ3n) is 2.07. The van der Waals surface area contributed by atoms with Crippen LogP contribution in [0.2, 0.25) is 0 Å². The second-order valence-electron chi connectivity index (χ2n) is 4.21. The third kappa shape index (κ3) is 4.87. The lowest BCUT2D eigenvalue weighted by Gasteiger charge is -2.16. The third-order valence-corrected chi connectivity index (χ3v) is 2.07. The summed E-state index contributed by atoms with van der Waals surface area (Å²) in [4.78, 5) is 0. The molecule has 0 saturated carbocycles. The van der Waals surface area contributed by atoms with E-state index in [2.05, 4.69) is 5.32 Å². The van der Waals surface area contributed by atoms with Crippen LogP contribution >= 0.6 is 0 Å². The molecule has 2 heteroatoms. The first-order chi connectivity index (χ1) is 6.58. The van der Waals surface area contributed by atoms with E-state index in [4.69, 9.17) is 0 Å². The van der Waals surface area contributed by atoms with Crippen molar-refractivity contribution in [1.82, 2.24) is 0 Å². The molecule has 14 heavy (non-hydrogen) atoms. The van der Waals surface area contributed by atoms with E-state index in [9.17, 15) is 5.11 Å². The van der Waals surface area contributed by atoms with Crippen molar-refractivity contribution >= 4 is 5.69 Å². The average Bonchev–Trinajstić information content (AvgIpc) is 2.13. The fourth-order valence-corrected chi connectivity index (χ4v) is 1.31. The molecule has 0 radical (unpaired) electrons. The van der Waals surface area contributed by atoms with Crippen molar-refractivity contribution in [3.63, 3.8) is 0 Å². The Morgan fingerprint density at radius 1 is 1.21 bits per heavy atom. The minimum Gasteiger partial charge on any atom is -0.390 e. The van der Waals surface area contributed by atoms with Gasteiger partial charge in [-0.05, 0) is 38.8 Å². The highest BCUT2D eigenvalue weighted by atomic mass is 16.3. The standard InChI is InChI=1S/C12H19NO/c1-12(2,14)9-6-10-13-11-7-4-3-5-8-11/h3-5,7-8,13-14H,6,9-10H2,1-2H3. The lowest BCUT2D eigenvalue weighted by molar-refractivity contribution is 0.0698. The predicted molar refractivity (Wildman–Crippen MR) is 60.5 cm³/mol. The second-order valence-corrected chi connectivity index (χ2v) is 4.21. The molecule has 1 rings (SSSR count). The number of anilines is 1. The van der Waals surface area contributed by atoms with Gasteiger partial charge in [0, 0.05) is 12.2 Å². The average molecular weight is 193 g/mol. The zero-order valence-electron chi connectivity index (χ0n) is 8.96. The summed E-state index contributed by atoms with van der Waals surface area (Å²) in [6.07, 6.45) is 1.81. The van der Waals surface area contributed by atoms with Crippen molar-refractivity contribution in [2.45, 2.75) is 32.3 Å². The molecule has 1 aromatic rings. The minimum absolute atomic E-state index is 0.543. The van der Waals surface area contributed by atoms with Crippen LogP contribution in [0.25, 0.3) is 0 Å². The number of aliphatic hydroxyl groups is 1. The largest absolute Gasteiger partial charge is 0.390 e. The van der Waals surface area contributed by atoms with Crippen LogP contribution < -0.4 is 5.32 Å². The Morgan fingerprint density at radius 2 is 1.86 bits per heavy atom. The Morgan fingerprint density at radius 3 is 2.43 bits per heavy atom. The molecule has 0 saturated heterocycles. The van der Waals surface area contributed by atoms with Crippen molar-refractivity contribution in [3.05, 3.63) is 30.3 Å². The van der Waals surface area contributed by atoms with Gasteiger partial charge in [-0.3, -0.25) is 0 Å². The van der Waals surface area contributed by atoms with Crippen molar-refractivity contribution < 1.29 is 5.11 Å². The summed E-state index contributed by atoms with van der Waals surface area (Å²) in [5, 5.41) is 12.8. The summed E-state index contributed by atoms with van der Waals surface area (Å²) in [6.45, 7) is 4.60. The number of hydrogen-bond donors (Lipinski definition) is 2. The molecular formula is C12H19NO. The van der Waals surface area contributed by atoms with Crippen LogP contribution in [0, 0.1) is 0 Å². The highest BCUT2D eigenvalue weighted by Crippen LogP contribution is 2.11. The van der Waals surface area contributed by atoms with Crippen LogP contribution in [0.15, 0.2) is 30.3 Å². The lowest BCUT2D eigenvalue weighted by Crippen LogP contribution is -2.19. The molecule has 0 heterocycles. The second kappa shape index (κ2) is 5.01. The molecule has 0 aliphatic carbocycles. The minimum atomic E-state index is -0.543. The zero-order valence-corrected chi connectivity index (χ0v) is 8.96. The van der Waals surface area contributed by atoms with E-state index in [0.29, 0.717) is 0 Å². The highest BCUT2D eigenvalue weighted by molar-refractivity contribution is 5.42. The lowest BCUT2D eigenvalue weighted by atomic mass is 10.0. The van der Waals surface area contributed by atoms with Gasteiger partial charge in [-0.25, -0.2) is 0 Å². The molecule has 2 N–H and O–H groups in total. The van der Waals surface area contributed by atoms with Crippen LogP contribution in [0.4, 0.5) is 5.69 Å². The molecule has 0 atom stereocenters. The number of nitrogens with one attached hydrogen (secondary N) is 1. The van der Waals surface area contributed by atoms with E-state index in [0.717, 1.165) is 25.1 Å². The van der Waals surface area contributed by atoms with Crippen LogP contribution in [-0.2, 0) is 0 Å². The molecule has 2 nitrogen and oxygen atoms in total. The van der Waals surface area contributed by atoms with E-state index in [-0.39, 0.29) is 0 Å². The fourth-order valence-electron chi connectivity index (χ4n) is 1.31. The maximum absolute atomic E-state index is 9.49. The van der Waals surface area contributed by atoms with Crippen molar-refractivity contribution in [2.75, 3.05) is 11.9 Å². The van der Waals surface area contributed by atoms with Gasteiger partial charge < -0.3 is 10.4 Å². The maximum atomic E-state index is 9.49. The normalized spacial score (nSPS) is 11.4. The Hall–Kier alpha value is -1.02. The van der Waals surface area contributed by atoms with Gasteiger partial charge in [0.2, 0.25) is 0 Å². The topological polar surface area (TPSA) is 32.3 Å². The van der Waals surface area contributed by atoms with E-state index in [1.54, 1.807) is 0 Å². The number of hydrogen-bond acceptors (Lipinski definition) is 2. The first kappa shape index (κ1) is 11.1. The van der Waals surface area contributed by atoms with Crippen LogP contribution in [0.1, 0.15) is 26.7 Å². The van der Waals surface area contributed by atoms with Crippen LogP contribution in [-0.4, -0.2) is 17.3 Å². The molecule has 0 aliphatic rings.